The van der Waals surface area contributed by atoms with Crippen molar-refractivity contribution in [2.45, 2.75) is 13.8 Å². The van der Waals surface area contributed by atoms with Gasteiger partial charge in [0.05, 0.1) is 5.56 Å². The lowest BCUT2D eigenvalue weighted by Gasteiger charge is -2.16. The number of pyridine rings is 1. The standard InChI is InChI=1S/C12H17N3O.ClH/c1-8-6-15(7-9(8)2)12(16)10-5-14-4-3-11(10)13;/h3-5,8-9H,6-7H2,1-2H3,(H2,13,14);1H. The van der Waals surface area contributed by atoms with E-state index in [0.717, 1.165) is 13.1 Å². The van der Waals surface area contributed by atoms with E-state index >= 15 is 0 Å². The number of aromatic nitrogens is 1. The van der Waals surface area contributed by atoms with Gasteiger partial charge in [-0.1, -0.05) is 13.8 Å². The number of nitrogens with two attached hydrogens (primary N) is 1. The van der Waals surface area contributed by atoms with Crippen molar-refractivity contribution in [2.24, 2.45) is 11.8 Å². The van der Waals surface area contributed by atoms with Crippen LogP contribution in [0.25, 0.3) is 0 Å². The second kappa shape index (κ2) is 5.36. The molecule has 1 aromatic heterocycles. The van der Waals surface area contributed by atoms with Gasteiger partial charge in [0, 0.05) is 31.2 Å². The molecule has 2 rings (SSSR count). The van der Waals surface area contributed by atoms with E-state index in [-0.39, 0.29) is 18.3 Å². The number of rotatable bonds is 1. The summed E-state index contributed by atoms with van der Waals surface area (Å²) in [6, 6.07) is 1.66. The molecule has 0 spiro atoms. The van der Waals surface area contributed by atoms with Gasteiger partial charge in [-0.3, -0.25) is 9.78 Å². The Labute approximate surface area is 108 Å². The van der Waals surface area contributed by atoms with Gasteiger partial charge in [0.1, 0.15) is 0 Å². The Morgan fingerprint density at radius 1 is 1.41 bits per heavy atom. The number of anilines is 1. The number of carbonyl (C=O) groups excluding carboxylic acids is 1. The van der Waals surface area contributed by atoms with Crippen LogP contribution in [0.1, 0.15) is 24.2 Å². The van der Waals surface area contributed by atoms with E-state index in [4.69, 9.17) is 5.73 Å². The first kappa shape index (κ1) is 13.8. The maximum Gasteiger partial charge on any atom is 0.257 e. The number of likely N-dealkylation sites (tertiary alicyclic amines) is 1. The predicted octanol–water partition coefficient (Wildman–Crippen LogP) is 1.81. The third kappa shape index (κ3) is 2.69. The maximum atomic E-state index is 12.2. The SMILES string of the molecule is CC1CN(C(=O)c2cnccc2N)CC1C.Cl. The van der Waals surface area contributed by atoms with Crippen molar-refractivity contribution in [2.75, 3.05) is 18.8 Å². The van der Waals surface area contributed by atoms with Crippen molar-refractivity contribution >= 4 is 24.0 Å². The number of halogens is 1. The maximum absolute atomic E-state index is 12.2. The normalized spacial score (nSPS) is 23.3. The largest absolute Gasteiger partial charge is 0.398 e. The molecule has 1 saturated heterocycles. The molecular weight excluding hydrogens is 238 g/mol. The van der Waals surface area contributed by atoms with Crippen molar-refractivity contribution in [3.05, 3.63) is 24.0 Å². The van der Waals surface area contributed by atoms with Gasteiger partial charge < -0.3 is 10.6 Å². The molecule has 2 unspecified atom stereocenters. The number of carbonyl (C=O) groups is 1. The molecule has 5 heteroatoms. The lowest BCUT2D eigenvalue weighted by molar-refractivity contribution is 0.0785. The van der Waals surface area contributed by atoms with Crippen LogP contribution in [0.3, 0.4) is 0 Å². The summed E-state index contributed by atoms with van der Waals surface area (Å²) in [7, 11) is 0. The highest BCUT2D eigenvalue weighted by atomic mass is 35.5. The highest BCUT2D eigenvalue weighted by Gasteiger charge is 2.30. The average Bonchev–Trinajstić information content (AvgIpc) is 2.59. The zero-order valence-electron chi connectivity index (χ0n) is 10.1. The molecule has 1 fully saturated rings. The predicted molar refractivity (Wildman–Crippen MR) is 70.1 cm³/mol. The second-order valence-corrected chi connectivity index (χ2v) is 4.63. The number of amides is 1. The van der Waals surface area contributed by atoms with Crippen molar-refractivity contribution in [3.63, 3.8) is 0 Å². The van der Waals surface area contributed by atoms with Gasteiger partial charge in [-0.15, -0.1) is 12.4 Å². The second-order valence-electron chi connectivity index (χ2n) is 4.63. The summed E-state index contributed by atoms with van der Waals surface area (Å²) in [5.74, 6) is 1.12. The van der Waals surface area contributed by atoms with E-state index < -0.39 is 0 Å². The lowest BCUT2D eigenvalue weighted by atomic mass is 10.0. The zero-order chi connectivity index (χ0) is 11.7. The van der Waals surface area contributed by atoms with Gasteiger partial charge in [-0.25, -0.2) is 0 Å². The van der Waals surface area contributed by atoms with Crippen LogP contribution >= 0.6 is 12.4 Å². The topological polar surface area (TPSA) is 59.2 Å². The molecule has 2 atom stereocenters. The molecule has 2 heterocycles. The van der Waals surface area contributed by atoms with Crippen LogP contribution in [0.2, 0.25) is 0 Å². The van der Waals surface area contributed by atoms with Gasteiger partial charge in [-0.2, -0.15) is 0 Å². The number of nitrogen functional groups attached to an aromatic ring is 1. The molecule has 0 bridgehead atoms. The molecule has 17 heavy (non-hydrogen) atoms. The Morgan fingerprint density at radius 3 is 2.53 bits per heavy atom. The Hall–Kier alpha value is -1.29. The summed E-state index contributed by atoms with van der Waals surface area (Å²) in [5, 5.41) is 0. The van der Waals surface area contributed by atoms with Gasteiger partial charge in [0.25, 0.3) is 5.91 Å². The summed E-state index contributed by atoms with van der Waals surface area (Å²) in [5.41, 5.74) is 6.79. The fraction of sp³-hybridized carbons (Fsp3) is 0.500. The van der Waals surface area contributed by atoms with Gasteiger partial charge >= 0.3 is 0 Å². The zero-order valence-corrected chi connectivity index (χ0v) is 10.9. The van der Waals surface area contributed by atoms with E-state index in [1.54, 1.807) is 18.5 Å². The molecule has 94 valence electrons. The minimum absolute atomic E-state index is 0. The fourth-order valence-corrected chi connectivity index (χ4v) is 2.05. The third-order valence-electron chi connectivity index (χ3n) is 3.36. The van der Waals surface area contributed by atoms with Crippen LogP contribution in [0.4, 0.5) is 5.69 Å². The average molecular weight is 256 g/mol. The quantitative estimate of drug-likeness (QED) is 0.833. The summed E-state index contributed by atoms with van der Waals surface area (Å²) >= 11 is 0. The summed E-state index contributed by atoms with van der Waals surface area (Å²) in [6.45, 7) is 5.97. The molecule has 1 aliphatic heterocycles. The monoisotopic (exact) mass is 255 g/mol. The Bertz CT molecular complexity index is 400. The fourth-order valence-electron chi connectivity index (χ4n) is 2.05. The van der Waals surface area contributed by atoms with E-state index in [0.29, 0.717) is 23.1 Å². The minimum atomic E-state index is 0. The Balaban J connectivity index is 0.00000144. The van der Waals surface area contributed by atoms with Crippen molar-refractivity contribution in [1.29, 1.82) is 0 Å². The van der Waals surface area contributed by atoms with E-state index in [1.807, 2.05) is 4.90 Å². The smallest absolute Gasteiger partial charge is 0.257 e. The van der Waals surface area contributed by atoms with Crippen molar-refractivity contribution < 1.29 is 4.79 Å². The van der Waals surface area contributed by atoms with Gasteiger partial charge in [0.15, 0.2) is 0 Å². The van der Waals surface area contributed by atoms with Crippen LogP contribution in [0.5, 0.6) is 0 Å². The Kier molecular flexibility index (Phi) is 4.34. The molecule has 0 aliphatic carbocycles. The van der Waals surface area contributed by atoms with Crippen LogP contribution in [-0.4, -0.2) is 28.9 Å². The van der Waals surface area contributed by atoms with Crippen LogP contribution in [0, 0.1) is 11.8 Å². The Morgan fingerprint density at radius 2 is 2.00 bits per heavy atom. The van der Waals surface area contributed by atoms with Gasteiger partial charge in [-0.05, 0) is 17.9 Å². The number of nitrogens with zero attached hydrogens (tertiary/aromatic N) is 2. The van der Waals surface area contributed by atoms with Crippen LogP contribution < -0.4 is 5.73 Å². The van der Waals surface area contributed by atoms with Crippen molar-refractivity contribution in [3.8, 4) is 0 Å². The molecule has 0 aromatic carbocycles. The molecular formula is C12H18ClN3O. The lowest BCUT2D eigenvalue weighted by Crippen LogP contribution is -2.29. The molecule has 1 aromatic rings. The summed E-state index contributed by atoms with van der Waals surface area (Å²) in [4.78, 5) is 18.0. The highest BCUT2D eigenvalue weighted by molar-refractivity contribution is 5.98. The minimum Gasteiger partial charge on any atom is -0.398 e. The molecule has 4 nitrogen and oxygen atoms in total. The first-order valence-electron chi connectivity index (χ1n) is 5.58. The third-order valence-corrected chi connectivity index (χ3v) is 3.36. The molecule has 1 amide bonds. The number of hydrogen-bond acceptors (Lipinski definition) is 3. The molecule has 1 aliphatic rings. The highest BCUT2D eigenvalue weighted by Crippen LogP contribution is 2.24. The van der Waals surface area contributed by atoms with E-state index in [9.17, 15) is 4.79 Å². The first-order valence-corrected chi connectivity index (χ1v) is 5.58. The summed E-state index contributed by atoms with van der Waals surface area (Å²) in [6.07, 6.45) is 3.15. The van der Waals surface area contributed by atoms with E-state index in [2.05, 4.69) is 18.8 Å². The summed E-state index contributed by atoms with van der Waals surface area (Å²) < 4.78 is 0. The molecule has 0 radical (unpaired) electrons. The van der Waals surface area contributed by atoms with Crippen LogP contribution in [0.15, 0.2) is 18.5 Å². The molecule has 2 N–H and O–H groups in total. The van der Waals surface area contributed by atoms with Crippen molar-refractivity contribution in [1.82, 2.24) is 9.88 Å². The van der Waals surface area contributed by atoms with E-state index in [1.165, 1.54) is 0 Å². The van der Waals surface area contributed by atoms with Crippen LogP contribution in [-0.2, 0) is 0 Å². The number of hydrogen-bond donors (Lipinski definition) is 1. The first-order chi connectivity index (χ1) is 7.59. The molecule has 0 saturated carbocycles. The van der Waals surface area contributed by atoms with Gasteiger partial charge in [0.2, 0.25) is 0 Å².